The van der Waals surface area contributed by atoms with Crippen molar-refractivity contribution in [2.75, 3.05) is 20.8 Å². The van der Waals surface area contributed by atoms with E-state index in [0.29, 0.717) is 28.3 Å². The van der Waals surface area contributed by atoms with Gasteiger partial charge in [-0.25, -0.2) is 4.79 Å². The predicted octanol–water partition coefficient (Wildman–Crippen LogP) is 3.12. The molecule has 1 heterocycles. The van der Waals surface area contributed by atoms with Gasteiger partial charge in [0.15, 0.2) is 0 Å². The van der Waals surface area contributed by atoms with Crippen LogP contribution in [0, 0.1) is 18.3 Å². The molecule has 0 spiro atoms. The lowest BCUT2D eigenvalue weighted by Gasteiger charge is -2.15. The zero-order valence-electron chi connectivity index (χ0n) is 14.0. The number of pyridine rings is 1. The van der Waals surface area contributed by atoms with Crippen molar-refractivity contribution in [1.82, 2.24) is 4.98 Å². The van der Waals surface area contributed by atoms with Crippen LogP contribution in [0.4, 0.5) is 0 Å². The number of nitrogens with zero attached hydrogens (tertiary/aromatic N) is 2. The molecule has 0 unspecified atom stereocenters. The Kier molecular flexibility index (Phi) is 5.38. The predicted molar refractivity (Wildman–Crippen MR) is 88.2 cm³/mol. The summed E-state index contributed by atoms with van der Waals surface area (Å²) >= 11 is 0. The lowest BCUT2D eigenvalue weighted by atomic mass is 10.0. The molecular weight excluding hydrogens is 308 g/mol. The maximum Gasteiger partial charge on any atom is 0.340 e. The summed E-state index contributed by atoms with van der Waals surface area (Å²) < 4.78 is 15.7. The molecule has 0 aliphatic heterocycles. The summed E-state index contributed by atoms with van der Waals surface area (Å²) in [6.45, 7) is 3.82. The van der Waals surface area contributed by atoms with Crippen molar-refractivity contribution in [3.63, 3.8) is 0 Å². The number of carbonyl (C=O) groups excluding carboxylic acids is 1. The van der Waals surface area contributed by atoms with Crippen LogP contribution in [0.1, 0.15) is 28.5 Å². The second-order valence-corrected chi connectivity index (χ2v) is 4.90. The average Bonchev–Trinajstić information content (AvgIpc) is 2.60. The second-order valence-electron chi connectivity index (χ2n) is 4.90. The molecule has 0 radical (unpaired) electrons. The number of benzene rings is 1. The van der Waals surface area contributed by atoms with Crippen LogP contribution in [0.2, 0.25) is 0 Å². The highest BCUT2D eigenvalue weighted by atomic mass is 16.5. The van der Waals surface area contributed by atoms with Gasteiger partial charge in [0, 0.05) is 11.3 Å². The fourth-order valence-electron chi connectivity index (χ4n) is 2.37. The molecule has 6 nitrogen and oxygen atoms in total. The molecule has 0 amide bonds. The van der Waals surface area contributed by atoms with Crippen LogP contribution in [-0.2, 0) is 4.74 Å². The van der Waals surface area contributed by atoms with Crippen molar-refractivity contribution >= 4 is 5.97 Å². The molecule has 0 N–H and O–H groups in total. The van der Waals surface area contributed by atoms with Crippen LogP contribution in [0.15, 0.2) is 24.3 Å². The van der Waals surface area contributed by atoms with Crippen molar-refractivity contribution in [2.45, 2.75) is 13.8 Å². The minimum atomic E-state index is -0.476. The molecule has 0 bridgehead atoms. The number of hydrogen-bond donors (Lipinski definition) is 0. The largest absolute Gasteiger partial charge is 0.495 e. The van der Waals surface area contributed by atoms with E-state index in [0.717, 1.165) is 5.69 Å². The molecule has 0 saturated heterocycles. The molecule has 2 rings (SSSR count). The molecule has 0 atom stereocenters. The van der Waals surface area contributed by atoms with Gasteiger partial charge >= 0.3 is 5.97 Å². The third kappa shape index (κ3) is 3.15. The van der Waals surface area contributed by atoms with Gasteiger partial charge in [-0.05, 0) is 38.1 Å². The van der Waals surface area contributed by atoms with Crippen molar-refractivity contribution in [3.8, 4) is 28.8 Å². The lowest BCUT2D eigenvalue weighted by molar-refractivity contribution is 0.0527. The highest BCUT2D eigenvalue weighted by Crippen LogP contribution is 2.38. The van der Waals surface area contributed by atoms with Gasteiger partial charge in [0.05, 0.1) is 32.1 Å². The van der Waals surface area contributed by atoms with Crippen LogP contribution >= 0.6 is 0 Å². The molecule has 6 heteroatoms. The number of aryl methyl sites for hydroxylation is 1. The van der Waals surface area contributed by atoms with Crippen molar-refractivity contribution in [2.24, 2.45) is 0 Å². The molecular formula is C18H18N2O4. The van der Waals surface area contributed by atoms with E-state index in [1.165, 1.54) is 14.2 Å². The van der Waals surface area contributed by atoms with Gasteiger partial charge < -0.3 is 14.2 Å². The average molecular weight is 326 g/mol. The Labute approximate surface area is 140 Å². The smallest absolute Gasteiger partial charge is 0.340 e. The third-order valence-electron chi connectivity index (χ3n) is 3.44. The number of aromatic nitrogens is 1. The van der Waals surface area contributed by atoms with Gasteiger partial charge in [-0.1, -0.05) is 0 Å². The van der Waals surface area contributed by atoms with Crippen molar-refractivity contribution in [1.29, 1.82) is 5.26 Å². The Morgan fingerprint density at radius 3 is 2.54 bits per heavy atom. The zero-order chi connectivity index (χ0) is 17.7. The molecule has 0 aliphatic carbocycles. The normalized spacial score (nSPS) is 9.96. The first-order chi connectivity index (χ1) is 11.6. The summed E-state index contributed by atoms with van der Waals surface area (Å²) in [7, 11) is 2.93. The summed E-state index contributed by atoms with van der Waals surface area (Å²) in [4.78, 5) is 16.7. The SMILES string of the molecule is CCOC(=O)c1ccc(C)nc1-c1ccc(OC)c(C#N)c1OC. The number of methoxy groups -OCH3 is 2. The van der Waals surface area contributed by atoms with Gasteiger partial charge in [0.1, 0.15) is 23.1 Å². The molecule has 0 aliphatic rings. The van der Waals surface area contributed by atoms with Gasteiger partial charge in [-0.15, -0.1) is 0 Å². The van der Waals surface area contributed by atoms with Gasteiger partial charge in [-0.3, -0.25) is 4.98 Å². The second kappa shape index (κ2) is 7.47. The van der Waals surface area contributed by atoms with E-state index < -0.39 is 5.97 Å². The Morgan fingerprint density at radius 2 is 1.96 bits per heavy atom. The van der Waals surface area contributed by atoms with E-state index in [4.69, 9.17) is 14.2 Å². The maximum absolute atomic E-state index is 12.2. The molecule has 24 heavy (non-hydrogen) atoms. The van der Waals surface area contributed by atoms with Gasteiger partial charge in [0.2, 0.25) is 0 Å². The van der Waals surface area contributed by atoms with Crippen LogP contribution in [-0.4, -0.2) is 31.8 Å². The van der Waals surface area contributed by atoms with E-state index in [9.17, 15) is 10.1 Å². The quantitative estimate of drug-likeness (QED) is 0.785. The number of ether oxygens (including phenoxy) is 3. The fourth-order valence-corrected chi connectivity index (χ4v) is 2.37. The minimum Gasteiger partial charge on any atom is -0.495 e. The number of rotatable bonds is 5. The molecule has 124 valence electrons. The highest BCUT2D eigenvalue weighted by Gasteiger charge is 2.22. The molecule has 1 aromatic carbocycles. The van der Waals surface area contributed by atoms with Crippen molar-refractivity contribution in [3.05, 3.63) is 41.1 Å². The standard InChI is InChI=1S/C18H18N2O4/c1-5-24-18(21)13-7-6-11(2)20-16(13)12-8-9-15(22-3)14(10-19)17(12)23-4/h6-9H,5H2,1-4H3. The van der Waals surface area contributed by atoms with E-state index in [1.54, 1.807) is 31.2 Å². The van der Waals surface area contributed by atoms with Crippen molar-refractivity contribution < 1.29 is 19.0 Å². The Bertz CT molecular complexity index is 809. The first-order valence-electron chi connectivity index (χ1n) is 7.37. The Balaban J connectivity index is 2.75. The summed E-state index contributed by atoms with van der Waals surface area (Å²) in [6.07, 6.45) is 0. The summed E-state index contributed by atoms with van der Waals surface area (Å²) in [5.74, 6) is 0.223. The zero-order valence-corrected chi connectivity index (χ0v) is 14.0. The van der Waals surface area contributed by atoms with Gasteiger partial charge in [0.25, 0.3) is 0 Å². The number of carbonyl (C=O) groups is 1. The highest BCUT2D eigenvalue weighted by molar-refractivity contribution is 5.97. The van der Waals surface area contributed by atoms with Crippen LogP contribution in [0.3, 0.4) is 0 Å². The van der Waals surface area contributed by atoms with E-state index >= 15 is 0 Å². The van der Waals surface area contributed by atoms with Crippen LogP contribution in [0.25, 0.3) is 11.3 Å². The lowest BCUT2D eigenvalue weighted by Crippen LogP contribution is -2.09. The molecule has 0 saturated carbocycles. The van der Waals surface area contributed by atoms with E-state index in [2.05, 4.69) is 11.1 Å². The van der Waals surface area contributed by atoms with E-state index in [-0.39, 0.29) is 12.2 Å². The third-order valence-corrected chi connectivity index (χ3v) is 3.44. The Morgan fingerprint density at radius 1 is 1.21 bits per heavy atom. The molecule has 2 aromatic rings. The summed E-state index contributed by atoms with van der Waals surface area (Å²) in [5.41, 5.74) is 2.23. The molecule has 0 fully saturated rings. The Hall–Kier alpha value is -3.07. The first-order valence-corrected chi connectivity index (χ1v) is 7.37. The van der Waals surface area contributed by atoms with E-state index in [1.807, 2.05) is 6.92 Å². The van der Waals surface area contributed by atoms with Crippen LogP contribution in [0.5, 0.6) is 11.5 Å². The monoisotopic (exact) mass is 326 g/mol. The van der Waals surface area contributed by atoms with Gasteiger partial charge in [-0.2, -0.15) is 5.26 Å². The number of nitriles is 1. The number of hydrogen-bond acceptors (Lipinski definition) is 6. The fraction of sp³-hybridized carbons (Fsp3) is 0.278. The maximum atomic E-state index is 12.2. The minimum absolute atomic E-state index is 0.246. The topological polar surface area (TPSA) is 81.4 Å². The summed E-state index contributed by atoms with van der Waals surface area (Å²) in [6, 6.07) is 8.82. The van der Waals surface area contributed by atoms with Crippen LogP contribution < -0.4 is 9.47 Å². The first kappa shape index (κ1) is 17.3. The summed E-state index contributed by atoms with van der Waals surface area (Å²) in [5, 5.41) is 9.43. The molecule has 1 aromatic heterocycles. The number of esters is 1.